The molecular weight excluding hydrogens is 394 g/mol. The van der Waals surface area contributed by atoms with Gasteiger partial charge in [0.2, 0.25) is 5.91 Å². The molecule has 2 amide bonds. The van der Waals surface area contributed by atoms with Crippen molar-refractivity contribution in [3.8, 4) is 0 Å². The predicted molar refractivity (Wildman–Crippen MR) is 116 cm³/mol. The maximum absolute atomic E-state index is 13.0. The van der Waals surface area contributed by atoms with Gasteiger partial charge >= 0.3 is 5.97 Å². The van der Waals surface area contributed by atoms with Crippen molar-refractivity contribution in [2.24, 2.45) is 0 Å². The molecule has 3 heterocycles. The van der Waals surface area contributed by atoms with Gasteiger partial charge in [0.05, 0.1) is 5.57 Å². The Morgan fingerprint density at radius 2 is 1.84 bits per heavy atom. The maximum atomic E-state index is 13.0. The second-order valence-corrected chi connectivity index (χ2v) is 8.79. The summed E-state index contributed by atoms with van der Waals surface area (Å²) >= 11 is 0. The first-order chi connectivity index (χ1) is 14.9. The molecule has 4 rings (SSSR count). The van der Waals surface area contributed by atoms with E-state index in [0.29, 0.717) is 43.6 Å². The third-order valence-corrected chi connectivity index (χ3v) is 6.81. The van der Waals surface area contributed by atoms with Crippen LogP contribution in [0.15, 0.2) is 35.4 Å². The predicted octanol–water partition coefficient (Wildman–Crippen LogP) is 1.81. The number of esters is 1. The van der Waals surface area contributed by atoms with E-state index >= 15 is 0 Å². The van der Waals surface area contributed by atoms with Gasteiger partial charge in [0.1, 0.15) is 5.60 Å². The molecule has 0 aromatic heterocycles. The van der Waals surface area contributed by atoms with Gasteiger partial charge in [-0.25, -0.2) is 4.79 Å². The van der Waals surface area contributed by atoms with Crippen molar-refractivity contribution in [1.29, 1.82) is 0 Å². The lowest BCUT2D eigenvalue weighted by Gasteiger charge is -2.39. The van der Waals surface area contributed by atoms with E-state index in [0.717, 1.165) is 32.5 Å². The number of fused-ring (bicyclic) bond motifs is 1. The van der Waals surface area contributed by atoms with Crippen molar-refractivity contribution < 1.29 is 19.1 Å². The molecule has 0 unspecified atom stereocenters. The molecule has 1 fully saturated rings. The second-order valence-electron chi connectivity index (χ2n) is 8.79. The van der Waals surface area contributed by atoms with Gasteiger partial charge in [0, 0.05) is 64.6 Å². The topological polar surface area (TPSA) is 78.9 Å². The number of hydrogen-bond acceptors (Lipinski definition) is 5. The minimum atomic E-state index is -0.895. The lowest BCUT2D eigenvalue weighted by atomic mass is 9.82. The molecule has 3 aliphatic rings. The highest BCUT2D eigenvalue weighted by Gasteiger charge is 2.50. The summed E-state index contributed by atoms with van der Waals surface area (Å²) in [6.07, 6.45) is 2.84. The van der Waals surface area contributed by atoms with E-state index < -0.39 is 11.6 Å². The molecule has 1 aromatic carbocycles. The fourth-order valence-electron chi connectivity index (χ4n) is 5.00. The fraction of sp³-hybridized carbons (Fsp3) is 0.542. The van der Waals surface area contributed by atoms with Crippen LogP contribution >= 0.6 is 0 Å². The first-order valence-corrected chi connectivity index (χ1v) is 11.2. The molecular formula is C24H31N3O4. The van der Waals surface area contributed by atoms with Crippen LogP contribution in [0.2, 0.25) is 0 Å². The van der Waals surface area contributed by atoms with Gasteiger partial charge in [0.15, 0.2) is 0 Å². The monoisotopic (exact) mass is 425 g/mol. The SMILES string of the molecule is CC(=O)N1CCC2(CC1)OC(=O)C(C)=C2C(=O)NCCCN1CCc2ccccc2C1. The molecule has 7 heteroatoms. The lowest BCUT2D eigenvalue weighted by molar-refractivity contribution is -0.152. The smallest absolute Gasteiger partial charge is 0.335 e. The van der Waals surface area contributed by atoms with E-state index in [2.05, 4.69) is 34.5 Å². The molecule has 1 saturated heterocycles. The molecule has 31 heavy (non-hydrogen) atoms. The van der Waals surface area contributed by atoms with Crippen LogP contribution in [0, 0.1) is 0 Å². The minimum Gasteiger partial charge on any atom is -0.450 e. The minimum absolute atomic E-state index is 0.00575. The van der Waals surface area contributed by atoms with Crippen molar-refractivity contribution in [2.45, 2.75) is 51.7 Å². The van der Waals surface area contributed by atoms with E-state index in [-0.39, 0.29) is 11.8 Å². The standard InChI is InChI=1S/C24H31N3O4/c1-17-21(24(31-23(17)30)9-14-27(15-10-24)18(2)28)22(29)25-11-5-12-26-13-8-19-6-3-4-7-20(19)16-26/h3-4,6-7H,5,8-16H2,1-2H3,(H,25,29). The summed E-state index contributed by atoms with van der Waals surface area (Å²) < 4.78 is 5.68. The number of ether oxygens (including phenoxy) is 1. The summed E-state index contributed by atoms with van der Waals surface area (Å²) in [6, 6.07) is 8.56. The number of carbonyl (C=O) groups excluding carboxylic acids is 3. The van der Waals surface area contributed by atoms with Gasteiger partial charge in [-0.15, -0.1) is 0 Å². The zero-order chi connectivity index (χ0) is 22.0. The van der Waals surface area contributed by atoms with Gasteiger partial charge in [-0.05, 0) is 30.9 Å². The van der Waals surface area contributed by atoms with E-state index in [9.17, 15) is 14.4 Å². The fourth-order valence-corrected chi connectivity index (χ4v) is 5.00. The molecule has 3 aliphatic heterocycles. The zero-order valence-corrected chi connectivity index (χ0v) is 18.4. The number of amides is 2. The molecule has 0 aliphatic carbocycles. The van der Waals surface area contributed by atoms with Crippen LogP contribution in [0.3, 0.4) is 0 Å². The third kappa shape index (κ3) is 4.37. The molecule has 7 nitrogen and oxygen atoms in total. The summed E-state index contributed by atoms with van der Waals surface area (Å²) in [4.78, 5) is 41.1. The molecule has 0 saturated carbocycles. The Kier molecular flexibility index (Phi) is 6.14. The van der Waals surface area contributed by atoms with Crippen molar-refractivity contribution >= 4 is 17.8 Å². The number of rotatable bonds is 5. The van der Waals surface area contributed by atoms with Crippen molar-refractivity contribution in [3.05, 3.63) is 46.5 Å². The van der Waals surface area contributed by atoms with E-state index in [4.69, 9.17) is 4.74 Å². The van der Waals surface area contributed by atoms with Crippen LogP contribution in [0.4, 0.5) is 0 Å². The number of nitrogens with zero attached hydrogens (tertiary/aromatic N) is 2. The average Bonchev–Trinajstić information content (AvgIpc) is 3.00. The van der Waals surface area contributed by atoms with Gasteiger partial charge < -0.3 is 15.0 Å². The Hall–Kier alpha value is -2.67. The number of piperidine rings is 1. The molecule has 0 radical (unpaired) electrons. The van der Waals surface area contributed by atoms with Gasteiger partial charge in [0.25, 0.3) is 5.91 Å². The van der Waals surface area contributed by atoms with Crippen LogP contribution in [0.5, 0.6) is 0 Å². The summed E-state index contributed by atoms with van der Waals surface area (Å²) in [5, 5.41) is 3.00. The summed E-state index contributed by atoms with van der Waals surface area (Å²) in [7, 11) is 0. The second kappa shape index (κ2) is 8.83. The van der Waals surface area contributed by atoms with Crippen molar-refractivity contribution in [2.75, 3.05) is 32.7 Å². The molecule has 0 bridgehead atoms. The van der Waals surface area contributed by atoms with Crippen LogP contribution in [0.25, 0.3) is 0 Å². The Balaban J connectivity index is 1.30. The summed E-state index contributed by atoms with van der Waals surface area (Å²) in [5.74, 6) is -0.636. The van der Waals surface area contributed by atoms with Gasteiger partial charge in [-0.1, -0.05) is 24.3 Å². The first-order valence-electron chi connectivity index (χ1n) is 11.2. The third-order valence-electron chi connectivity index (χ3n) is 6.81. The van der Waals surface area contributed by atoms with E-state index in [1.807, 2.05) is 0 Å². The Morgan fingerprint density at radius 1 is 1.13 bits per heavy atom. The van der Waals surface area contributed by atoms with Crippen LogP contribution in [-0.2, 0) is 32.1 Å². The Morgan fingerprint density at radius 3 is 2.55 bits per heavy atom. The number of hydrogen-bond donors (Lipinski definition) is 1. The van der Waals surface area contributed by atoms with E-state index in [1.54, 1.807) is 11.8 Å². The average molecular weight is 426 g/mol. The first kappa shape index (κ1) is 21.6. The van der Waals surface area contributed by atoms with Crippen LogP contribution in [0.1, 0.15) is 44.2 Å². The van der Waals surface area contributed by atoms with Gasteiger partial charge in [-0.2, -0.15) is 0 Å². The molecule has 1 aromatic rings. The number of likely N-dealkylation sites (tertiary alicyclic amines) is 1. The van der Waals surface area contributed by atoms with Crippen LogP contribution in [-0.4, -0.2) is 65.9 Å². The largest absolute Gasteiger partial charge is 0.450 e. The molecule has 0 atom stereocenters. The lowest BCUT2D eigenvalue weighted by Crippen LogP contribution is -2.50. The maximum Gasteiger partial charge on any atom is 0.335 e. The summed E-state index contributed by atoms with van der Waals surface area (Å²) in [5.41, 5.74) is 2.77. The Bertz CT molecular complexity index is 915. The quantitative estimate of drug-likeness (QED) is 0.575. The van der Waals surface area contributed by atoms with E-state index in [1.165, 1.54) is 18.1 Å². The highest BCUT2D eigenvalue weighted by atomic mass is 16.6. The van der Waals surface area contributed by atoms with Crippen LogP contribution < -0.4 is 5.32 Å². The number of benzene rings is 1. The highest BCUT2D eigenvalue weighted by Crippen LogP contribution is 2.41. The highest BCUT2D eigenvalue weighted by molar-refractivity contribution is 6.07. The summed E-state index contributed by atoms with van der Waals surface area (Å²) in [6.45, 7) is 7.63. The number of nitrogens with one attached hydrogen (secondary N) is 1. The van der Waals surface area contributed by atoms with Crippen molar-refractivity contribution in [3.63, 3.8) is 0 Å². The molecule has 166 valence electrons. The molecule has 1 spiro atoms. The number of carbonyl (C=O) groups is 3. The Labute approximate surface area is 183 Å². The normalized spacial score (nSPS) is 20.6. The zero-order valence-electron chi connectivity index (χ0n) is 18.4. The van der Waals surface area contributed by atoms with Gasteiger partial charge in [-0.3, -0.25) is 14.5 Å². The molecule has 1 N–H and O–H groups in total. The van der Waals surface area contributed by atoms with Crippen molar-refractivity contribution in [1.82, 2.24) is 15.1 Å².